The maximum atomic E-state index is 11.9. The Morgan fingerprint density at radius 2 is 1.25 bits per heavy atom. The summed E-state index contributed by atoms with van der Waals surface area (Å²) in [5.41, 5.74) is 2.03. The van der Waals surface area contributed by atoms with Gasteiger partial charge >= 0.3 is 0 Å². The van der Waals surface area contributed by atoms with E-state index in [1.807, 2.05) is 42.5 Å². The van der Waals surface area contributed by atoms with Crippen molar-refractivity contribution in [2.75, 3.05) is 0 Å². The topological polar surface area (TPSA) is 142 Å². The van der Waals surface area contributed by atoms with Crippen LogP contribution in [-0.2, 0) is 0 Å². The molecule has 0 spiro atoms. The number of nitrogens with zero attached hydrogens (tertiary/aromatic N) is 4. The Morgan fingerprint density at radius 1 is 0.639 bits per heavy atom. The summed E-state index contributed by atoms with van der Waals surface area (Å²) < 4.78 is 0. The van der Waals surface area contributed by atoms with Crippen LogP contribution in [0.15, 0.2) is 83.9 Å². The highest BCUT2D eigenvalue weighted by molar-refractivity contribution is 6.28. The van der Waals surface area contributed by atoms with Gasteiger partial charge in [-0.1, -0.05) is 42.5 Å². The van der Waals surface area contributed by atoms with Crippen LogP contribution in [0.4, 0.5) is 22.7 Å². The number of nitro benzene ring substituents is 3. The van der Waals surface area contributed by atoms with E-state index in [4.69, 9.17) is 4.99 Å². The molecule has 0 aliphatic heterocycles. The third-order valence-electron chi connectivity index (χ3n) is 5.92. The molecule has 36 heavy (non-hydrogen) atoms. The van der Waals surface area contributed by atoms with Crippen LogP contribution in [-0.4, -0.2) is 20.5 Å². The molecule has 176 valence electrons. The van der Waals surface area contributed by atoms with Gasteiger partial charge in [0.2, 0.25) is 0 Å². The number of rotatable bonds is 5. The molecule has 0 fully saturated rings. The monoisotopic (exact) mass is 480 g/mol. The second kappa shape index (κ2) is 8.51. The van der Waals surface area contributed by atoms with Gasteiger partial charge in [-0.3, -0.25) is 30.3 Å². The molecule has 0 N–H and O–H groups in total. The van der Waals surface area contributed by atoms with Gasteiger partial charge in [0, 0.05) is 23.3 Å². The summed E-state index contributed by atoms with van der Waals surface area (Å²) in [4.78, 5) is 38.1. The minimum absolute atomic E-state index is 0.0279. The van der Waals surface area contributed by atoms with Crippen LogP contribution in [0.5, 0.6) is 0 Å². The molecule has 1 aliphatic rings. The van der Waals surface area contributed by atoms with E-state index >= 15 is 0 Å². The van der Waals surface area contributed by atoms with Crippen molar-refractivity contribution in [3.63, 3.8) is 0 Å². The molecule has 10 heteroatoms. The van der Waals surface area contributed by atoms with Crippen molar-refractivity contribution in [2.45, 2.75) is 6.92 Å². The third kappa shape index (κ3) is 3.76. The maximum Gasteiger partial charge on any atom is 0.285 e. The largest absolute Gasteiger partial charge is 0.285 e. The molecule has 0 amide bonds. The predicted molar refractivity (Wildman–Crippen MR) is 134 cm³/mol. The first-order chi connectivity index (χ1) is 17.2. The first kappa shape index (κ1) is 22.5. The van der Waals surface area contributed by atoms with Gasteiger partial charge in [-0.15, -0.1) is 0 Å². The van der Waals surface area contributed by atoms with Crippen molar-refractivity contribution in [3.8, 4) is 22.3 Å². The van der Waals surface area contributed by atoms with Crippen LogP contribution < -0.4 is 0 Å². The lowest BCUT2D eigenvalue weighted by Crippen LogP contribution is -2.01. The van der Waals surface area contributed by atoms with Crippen molar-refractivity contribution in [1.82, 2.24) is 0 Å². The van der Waals surface area contributed by atoms with E-state index in [-0.39, 0.29) is 28.1 Å². The zero-order chi connectivity index (χ0) is 25.6. The molecule has 0 saturated carbocycles. The Hall–Kier alpha value is -5.25. The van der Waals surface area contributed by atoms with Gasteiger partial charge in [-0.25, -0.2) is 4.99 Å². The standard InChI is InChI=1S/C26H16N4O6/c1-15-10-20-24(22(11-15)29(33)34)25-21(13-19(28(31)32)14-23(25)30(35)36)26(20)27-18-9-5-8-17(12-18)16-6-3-2-4-7-16/h2-14H,1H3. The molecular formula is C26H16N4O6. The van der Waals surface area contributed by atoms with Gasteiger partial charge in [0.1, 0.15) is 0 Å². The number of aliphatic imine (C=N–C) groups is 1. The molecule has 0 aromatic heterocycles. The average molecular weight is 480 g/mol. The summed E-state index contributed by atoms with van der Waals surface area (Å²) >= 11 is 0. The van der Waals surface area contributed by atoms with Gasteiger partial charge in [-0.05, 0) is 41.8 Å². The summed E-state index contributed by atoms with van der Waals surface area (Å²) in [5.74, 6) is 0. The van der Waals surface area contributed by atoms with Gasteiger partial charge in [0.05, 0.1) is 43.4 Å². The maximum absolute atomic E-state index is 11.9. The highest BCUT2D eigenvalue weighted by atomic mass is 16.6. The quantitative estimate of drug-likeness (QED) is 0.207. The Labute approximate surface area is 203 Å². The van der Waals surface area contributed by atoms with Crippen molar-refractivity contribution in [1.29, 1.82) is 0 Å². The molecule has 10 nitrogen and oxygen atoms in total. The zero-order valence-electron chi connectivity index (χ0n) is 18.7. The molecule has 4 aromatic rings. The van der Waals surface area contributed by atoms with Gasteiger partial charge in [0.25, 0.3) is 17.1 Å². The lowest BCUT2D eigenvalue weighted by Gasteiger charge is -2.06. The van der Waals surface area contributed by atoms with Crippen molar-refractivity contribution in [2.24, 2.45) is 4.99 Å². The second-order valence-corrected chi connectivity index (χ2v) is 8.24. The normalized spacial score (nSPS) is 12.8. The number of fused-ring (bicyclic) bond motifs is 3. The molecule has 1 aliphatic carbocycles. The van der Waals surface area contributed by atoms with Crippen LogP contribution in [0.2, 0.25) is 0 Å². The molecule has 0 radical (unpaired) electrons. The van der Waals surface area contributed by atoms with Crippen molar-refractivity contribution in [3.05, 3.63) is 126 Å². The third-order valence-corrected chi connectivity index (χ3v) is 5.92. The first-order valence-corrected chi connectivity index (χ1v) is 10.8. The van der Waals surface area contributed by atoms with Crippen LogP contribution in [0.1, 0.15) is 16.7 Å². The number of aryl methyl sites for hydroxylation is 1. The SMILES string of the molecule is Cc1cc2c(c([N+](=O)[O-])c1)-c1c(cc([N+](=O)[O-])cc1[N+](=O)[O-])C2=Nc1cccc(-c2ccccc2)c1. The van der Waals surface area contributed by atoms with E-state index in [0.717, 1.165) is 17.2 Å². The minimum atomic E-state index is -0.766. The van der Waals surface area contributed by atoms with E-state index in [9.17, 15) is 30.3 Å². The van der Waals surface area contributed by atoms with Gasteiger partial charge in [0.15, 0.2) is 0 Å². The molecular weight excluding hydrogens is 464 g/mol. The summed E-state index contributed by atoms with van der Waals surface area (Å²) in [5, 5.41) is 35.4. The first-order valence-electron chi connectivity index (χ1n) is 10.8. The van der Waals surface area contributed by atoms with Crippen LogP contribution in [0.3, 0.4) is 0 Å². The molecule has 0 unspecified atom stereocenters. The Kier molecular flexibility index (Phi) is 5.33. The summed E-state index contributed by atoms with van der Waals surface area (Å²) in [7, 11) is 0. The van der Waals surface area contributed by atoms with Gasteiger partial charge in [-0.2, -0.15) is 0 Å². The van der Waals surface area contributed by atoms with E-state index in [1.165, 1.54) is 12.1 Å². The fraction of sp³-hybridized carbons (Fsp3) is 0.0385. The number of non-ortho nitro benzene ring substituents is 1. The summed E-state index contributed by atoms with van der Waals surface area (Å²) in [6.07, 6.45) is 0. The summed E-state index contributed by atoms with van der Waals surface area (Å²) in [6.45, 7) is 1.67. The minimum Gasteiger partial charge on any atom is -0.258 e. The summed E-state index contributed by atoms with van der Waals surface area (Å²) in [6, 6.07) is 21.8. The van der Waals surface area contributed by atoms with E-state index in [1.54, 1.807) is 25.1 Å². The Balaban J connectivity index is 1.83. The fourth-order valence-electron chi connectivity index (χ4n) is 4.45. The number of hydrogen-bond acceptors (Lipinski definition) is 7. The smallest absolute Gasteiger partial charge is 0.258 e. The zero-order valence-corrected chi connectivity index (χ0v) is 18.7. The lowest BCUT2D eigenvalue weighted by molar-refractivity contribution is -0.394. The molecule has 0 atom stereocenters. The highest BCUT2D eigenvalue weighted by Crippen LogP contribution is 2.49. The fourth-order valence-corrected chi connectivity index (χ4v) is 4.45. The highest BCUT2D eigenvalue weighted by Gasteiger charge is 2.39. The predicted octanol–water partition coefficient (Wildman–Crippen LogP) is 6.54. The Bertz CT molecular complexity index is 1630. The average Bonchev–Trinajstić information content (AvgIpc) is 3.16. The van der Waals surface area contributed by atoms with E-state index in [0.29, 0.717) is 16.8 Å². The molecule has 0 saturated heterocycles. The second-order valence-electron chi connectivity index (χ2n) is 8.24. The van der Waals surface area contributed by atoms with E-state index in [2.05, 4.69) is 0 Å². The molecule has 4 aromatic carbocycles. The van der Waals surface area contributed by atoms with Crippen molar-refractivity contribution < 1.29 is 14.8 Å². The number of benzene rings is 4. The molecule has 0 heterocycles. The van der Waals surface area contributed by atoms with Crippen molar-refractivity contribution >= 4 is 28.5 Å². The van der Waals surface area contributed by atoms with Crippen LogP contribution in [0, 0.1) is 37.3 Å². The van der Waals surface area contributed by atoms with Crippen LogP contribution >= 0.6 is 0 Å². The van der Waals surface area contributed by atoms with Gasteiger partial charge < -0.3 is 0 Å². The van der Waals surface area contributed by atoms with E-state index < -0.39 is 26.1 Å². The van der Waals surface area contributed by atoms with Crippen LogP contribution in [0.25, 0.3) is 22.3 Å². The molecule has 0 bridgehead atoms. The number of nitro groups is 3. The lowest BCUT2D eigenvalue weighted by atomic mass is 10.00. The molecule has 5 rings (SSSR count). The number of hydrogen-bond donors (Lipinski definition) is 0. The Morgan fingerprint density at radius 3 is 1.89 bits per heavy atom.